The molecule has 3 aromatic rings. The number of fused-ring (bicyclic) bond motifs is 1. The van der Waals surface area contributed by atoms with E-state index in [1.54, 1.807) is 18.4 Å². The van der Waals surface area contributed by atoms with Crippen molar-refractivity contribution in [2.45, 2.75) is 6.61 Å². The number of hydrogen-bond acceptors (Lipinski definition) is 3. The SMILES string of the molecule is COc1ccc(OCc2cc3c(Cl)cccc3s2)cc1. The van der Waals surface area contributed by atoms with Gasteiger partial charge in [-0.15, -0.1) is 11.3 Å². The Balaban J connectivity index is 1.74. The van der Waals surface area contributed by atoms with E-state index in [4.69, 9.17) is 21.1 Å². The Labute approximate surface area is 126 Å². The molecule has 0 radical (unpaired) electrons. The van der Waals surface area contributed by atoms with Crippen LogP contribution >= 0.6 is 22.9 Å². The van der Waals surface area contributed by atoms with Crippen LogP contribution in [0.1, 0.15) is 4.88 Å². The lowest BCUT2D eigenvalue weighted by molar-refractivity contribution is 0.309. The van der Waals surface area contributed by atoms with Crippen molar-refractivity contribution in [3.63, 3.8) is 0 Å². The highest BCUT2D eigenvalue weighted by atomic mass is 35.5. The van der Waals surface area contributed by atoms with Gasteiger partial charge >= 0.3 is 0 Å². The summed E-state index contributed by atoms with van der Waals surface area (Å²) in [6.07, 6.45) is 0. The molecule has 102 valence electrons. The number of hydrogen-bond donors (Lipinski definition) is 0. The van der Waals surface area contributed by atoms with Crippen LogP contribution in [0, 0.1) is 0 Å². The van der Waals surface area contributed by atoms with Crippen LogP contribution in [0.25, 0.3) is 10.1 Å². The fourth-order valence-electron chi connectivity index (χ4n) is 1.98. The molecule has 0 aliphatic heterocycles. The quantitative estimate of drug-likeness (QED) is 0.664. The number of rotatable bonds is 4. The van der Waals surface area contributed by atoms with Gasteiger partial charge in [-0.25, -0.2) is 0 Å². The zero-order chi connectivity index (χ0) is 13.9. The van der Waals surface area contributed by atoms with Crippen molar-refractivity contribution in [2.75, 3.05) is 7.11 Å². The molecule has 0 amide bonds. The summed E-state index contributed by atoms with van der Waals surface area (Å²) in [5.41, 5.74) is 0. The van der Waals surface area contributed by atoms with E-state index in [0.717, 1.165) is 26.8 Å². The van der Waals surface area contributed by atoms with Crippen molar-refractivity contribution in [3.05, 3.63) is 58.4 Å². The normalized spacial score (nSPS) is 10.7. The highest BCUT2D eigenvalue weighted by molar-refractivity contribution is 7.19. The van der Waals surface area contributed by atoms with Gasteiger partial charge in [0.15, 0.2) is 0 Å². The highest BCUT2D eigenvalue weighted by Crippen LogP contribution is 2.31. The lowest BCUT2D eigenvalue weighted by Gasteiger charge is -2.05. The van der Waals surface area contributed by atoms with Gasteiger partial charge in [0.25, 0.3) is 0 Å². The molecule has 20 heavy (non-hydrogen) atoms. The fourth-order valence-corrected chi connectivity index (χ4v) is 3.26. The predicted molar refractivity (Wildman–Crippen MR) is 84.2 cm³/mol. The van der Waals surface area contributed by atoms with Gasteiger partial charge in [-0.3, -0.25) is 0 Å². The zero-order valence-corrected chi connectivity index (χ0v) is 12.5. The Bertz CT molecular complexity index is 719. The Morgan fingerprint density at radius 1 is 1.05 bits per heavy atom. The summed E-state index contributed by atoms with van der Waals surface area (Å²) >= 11 is 7.88. The molecule has 0 spiro atoms. The molecule has 2 nitrogen and oxygen atoms in total. The minimum atomic E-state index is 0.544. The minimum absolute atomic E-state index is 0.544. The van der Waals surface area contributed by atoms with Gasteiger partial charge in [0, 0.05) is 20.0 Å². The monoisotopic (exact) mass is 304 g/mol. The molecule has 0 atom stereocenters. The first kappa shape index (κ1) is 13.3. The van der Waals surface area contributed by atoms with Gasteiger partial charge in [0.05, 0.1) is 7.11 Å². The molecule has 0 saturated heterocycles. The van der Waals surface area contributed by atoms with Crippen LogP contribution in [0.4, 0.5) is 0 Å². The van der Waals surface area contributed by atoms with Gasteiger partial charge < -0.3 is 9.47 Å². The first-order valence-corrected chi connectivity index (χ1v) is 7.39. The van der Waals surface area contributed by atoms with E-state index in [0.29, 0.717) is 6.61 Å². The van der Waals surface area contributed by atoms with E-state index >= 15 is 0 Å². The molecule has 3 rings (SSSR count). The lowest BCUT2D eigenvalue weighted by Crippen LogP contribution is -1.92. The molecule has 0 N–H and O–H groups in total. The van der Waals surface area contributed by atoms with E-state index < -0.39 is 0 Å². The number of thiophene rings is 1. The van der Waals surface area contributed by atoms with Crippen LogP contribution in [0.5, 0.6) is 11.5 Å². The maximum atomic E-state index is 6.17. The summed E-state index contributed by atoms with van der Waals surface area (Å²) in [5, 5.41) is 1.88. The van der Waals surface area contributed by atoms with Crippen molar-refractivity contribution in [1.82, 2.24) is 0 Å². The predicted octanol–water partition coefficient (Wildman–Crippen LogP) is 5.14. The number of ether oxygens (including phenoxy) is 2. The summed E-state index contributed by atoms with van der Waals surface area (Å²) in [4.78, 5) is 1.16. The fraction of sp³-hybridized carbons (Fsp3) is 0.125. The van der Waals surface area contributed by atoms with Crippen molar-refractivity contribution in [1.29, 1.82) is 0 Å². The van der Waals surface area contributed by atoms with Crippen LogP contribution in [-0.2, 0) is 6.61 Å². The number of methoxy groups -OCH3 is 1. The zero-order valence-electron chi connectivity index (χ0n) is 10.9. The Hall–Kier alpha value is -1.71. The van der Waals surface area contributed by atoms with Crippen molar-refractivity contribution in [2.24, 2.45) is 0 Å². The topological polar surface area (TPSA) is 18.5 Å². The molecule has 1 heterocycles. The van der Waals surface area contributed by atoms with Crippen molar-refractivity contribution >= 4 is 33.0 Å². The summed E-state index contributed by atoms with van der Waals surface area (Å²) in [5.74, 6) is 1.65. The third-order valence-corrected chi connectivity index (χ3v) is 4.40. The number of halogens is 1. The van der Waals surface area contributed by atoms with E-state index in [1.807, 2.05) is 36.4 Å². The van der Waals surface area contributed by atoms with Crippen LogP contribution in [0.2, 0.25) is 5.02 Å². The minimum Gasteiger partial charge on any atom is -0.497 e. The molecule has 0 fully saturated rings. The standard InChI is InChI=1S/C16H13ClO2S/c1-18-11-5-7-12(8-6-11)19-10-13-9-14-15(17)3-2-4-16(14)20-13/h2-9H,10H2,1H3. The number of benzene rings is 2. The second-order valence-corrected chi connectivity index (χ2v) is 5.90. The lowest BCUT2D eigenvalue weighted by atomic mass is 10.2. The Kier molecular flexibility index (Phi) is 3.81. The first-order chi connectivity index (χ1) is 9.76. The van der Waals surface area contributed by atoms with E-state index in [1.165, 1.54) is 4.70 Å². The third kappa shape index (κ3) is 2.74. The molecule has 2 aromatic carbocycles. The molecular weight excluding hydrogens is 292 g/mol. The van der Waals surface area contributed by atoms with Crippen molar-refractivity contribution in [3.8, 4) is 11.5 Å². The van der Waals surface area contributed by atoms with Crippen LogP contribution < -0.4 is 9.47 Å². The van der Waals surface area contributed by atoms with E-state index in [-0.39, 0.29) is 0 Å². The largest absolute Gasteiger partial charge is 0.497 e. The second kappa shape index (κ2) is 5.73. The third-order valence-electron chi connectivity index (χ3n) is 3.00. The molecule has 1 aromatic heterocycles. The molecule has 0 saturated carbocycles. The summed E-state index contributed by atoms with van der Waals surface area (Å²) in [6, 6.07) is 15.6. The molecule has 0 bridgehead atoms. The van der Waals surface area contributed by atoms with Gasteiger partial charge in [-0.1, -0.05) is 17.7 Å². The van der Waals surface area contributed by atoms with Gasteiger partial charge in [-0.2, -0.15) is 0 Å². The molecule has 0 aliphatic rings. The van der Waals surface area contributed by atoms with E-state index in [2.05, 4.69) is 12.1 Å². The molecule has 4 heteroatoms. The van der Waals surface area contributed by atoms with E-state index in [9.17, 15) is 0 Å². The van der Waals surface area contributed by atoms with Crippen LogP contribution in [-0.4, -0.2) is 7.11 Å². The second-order valence-electron chi connectivity index (χ2n) is 4.33. The average Bonchev–Trinajstić information content (AvgIpc) is 2.90. The van der Waals surface area contributed by atoms with Crippen molar-refractivity contribution < 1.29 is 9.47 Å². The molecule has 0 unspecified atom stereocenters. The summed E-state index contributed by atoms with van der Waals surface area (Å²) in [6.45, 7) is 0.544. The van der Waals surface area contributed by atoms with Gasteiger partial charge in [-0.05, 0) is 42.5 Å². The van der Waals surface area contributed by atoms with Gasteiger partial charge in [0.2, 0.25) is 0 Å². The average molecular weight is 305 g/mol. The molecular formula is C16H13ClO2S. The molecule has 0 aliphatic carbocycles. The van der Waals surface area contributed by atoms with Gasteiger partial charge in [0.1, 0.15) is 18.1 Å². The summed E-state index contributed by atoms with van der Waals surface area (Å²) < 4.78 is 12.1. The summed E-state index contributed by atoms with van der Waals surface area (Å²) in [7, 11) is 1.65. The Morgan fingerprint density at radius 2 is 1.80 bits per heavy atom. The first-order valence-electron chi connectivity index (χ1n) is 6.20. The van der Waals surface area contributed by atoms with Crippen LogP contribution in [0.15, 0.2) is 48.5 Å². The smallest absolute Gasteiger partial charge is 0.122 e. The Morgan fingerprint density at radius 3 is 2.50 bits per heavy atom. The maximum absolute atomic E-state index is 6.17. The van der Waals surface area contributed by atoms with Crippen LogP contribution in [0.3, 0.4) is 0 Å². The highest BCUT2D eigenvalue weighted by Gasteiger charge is 2.05. The maximum Gasteiger partial charge on any atom is 0.122 e.